The Hall–Kier alpha value is -2.61. The maximum atomic E-state index is 11.9. The molecule has 1 amide bonds. The predicted octanol–water partition coefficient (Wildman–Crippen LogP) is 0.912. The van der Waals surface area contributed by atoms with Gasteiger partial charge in [-0.1, -0.05) is 0 Å². The Morgan fingerprint density at radius 2 is 1.95 bits per heavy atom. The zero-order valence-corrected chi connectivity index (χ0v) is 12.3. The SMILES string of the molecule is CCOC(=O)c1cc(OC)ccc1NC(=O)COCC(=O)O. The summed E-state index contributed by atoms with van der Waals surface area (Å²) in [6.07, 6.45) is 0. The first-order chi connectivity index (χ1) is 10.5. The number of hydrogen-bond donors (Lipinski definition) is 2. The molecular weight excluding hydrogens is 294 g/mol. The molecule has 0 fully saturated rings. The van der Waals surface area contributed by atoms with Gasteiger partial charge >= 0.3 is 11.9 Å². The van der Waals surface area contributed by atoms with Crippen molar-refractivity contribution in [2.24, 2.45) is 0 Å². The summed E-state index contributed by atoms with van der Waals surface area (Å²) in [5.74, 6) is -1.94. The molecule has 1 aromatic carbocycles. The summed E-state index contributed by atoms with van der Waals surface area (Å²) in [7, 11) is 1.45. The van der Waals surface area contributed by atoms with Crippen molar-refractivity contribution in [3.63, 3.8) is 0 Å². The average molecular weight is 311 g/mol. The van der Waals surface area contributed by atoms with Gasteiger partial charge in [0.15, 0.2) is 0 Å². The Balaban J connectivity index is 2.82. The third-order valence-corrected chi connectivity index (χ3v) is 2.45. The molecule has 0 heterocycles. The lowest BCUT2D eigenvalue weighted by molar-refractivity contribution is -0.143. The van der Waals surface area contributed by atoms with Crippen molar-refractivity contribution >= 4 is 23.5 Å². The van der Waals surface area contributed by atoms with Crippen LogP contribution in [-0.4, -0.2) is 49.9 Å². The lowest BCUT2D eigenvalue weighted by atomic mass is 10.1. The Morgan fingerprint density at radius 3 is 2.55 bits per heavy atom. The highest BCUT2D eigenvalue weighted by Gasteiger charge is 2.16. The van der Waals surface area contributed by atoms with Gasteiger partial charge in [0.05, 0.1) is 25.0 Å². The minimum absolute atomic E-state index is 0.132. The van der Waals surface area contributed by atoms with Crippen LogP contribution >= 0.6 is 0 Å². The summed E-state index contributed by atoms with van der Waals surface area (Å²) in [5, 5.41) is 10.9. The van der Waals surface area contributed by atoms with Gasteiger partial charge in [-0.15, -0.1) is 0 Å². The van der Waals surface area contributed by atoms with Crippen LogP contribution in [0, 0.1) is 0 Å². The van der Waals surface area contributed by atoms with Crippen molar-refractivity contribution in [2.45, 2.75) is 6.92 Å². The highest BCUT2D eigenvalue weighted by atomic mass is 16.5. The number of anilines is 1. The van der Waals surface area contributed by atoms with Gasteiger partial charge in [0, 0.05) is 0 Å². The molecule has 0 unspecified atom stereocenters. The fraction of sp³-hybridized carbons (Fsp3) is 0.357. The van der Waals surface area contributed by atoms with Crippen LogP contribution in [0.4, 0.5) is 5.69 Å². The number of esters is 1. The molecule has 8 heteroatoms. The molecule has 0 radical (unpaired) electrons. The number of hydrogen-bond acceptors (Lipinski definition) is 6. The third-order valence-electron chi connectivity index (χ3n) is 2.45. The second-order valence-electron chi connectivity index (χ2n) is 4.07. The van der Waals surface area contributed by atoms with Crippen LogP contribution in [0.15, 0.2) is 18.2 Å². The van der Waals surface area contributed by atoms with Gasteiger partial charge in [-0.05, 0) is 25.1 Å². The Bertz CT molecular complexity index is 556. The minimum Gasteiger partial charge on any atom is -0.497 e. The maximum Gasteiger partial charge on any atom is 0.340 e. The zero-order valence-electron chi connectivity index (χ0n) is 12.3. The fourth-order valence-corrected chi connectivity index (χ4v) is 1.55. The van der Waals surface area contributed by atoms with Gasteiger partial charge in [0.25, 0.3) is 0 Å². The standard InChI is InChI=1S/C14H17NO7/c1-3-22-14(19)10-6-9(20-2)4-5-11(10)15-12(16)7-21-8-13(17)18/h4-6H,3,7-8H2,1-2H3,(H,15,16)(H,17,18). The van der Waals surface area contributed by atoms with Gasteiger partial charge in [-0.25, -0.2) is 9.59 Å². The van der Waals surface area contributed by atoms with Gasteiger partial charge in [0.1, 0.15) is 19.0 Å². The number of methoxy groups -OCH3 is 1. The molecule has 0 aliphatic carbocycles. The summed E-state index contributed by atoms with van der Waals surface area (Å²) in [4.78, 5) is 33.8. The Morgan fingerprint density at radius 1 is 1.23 bits per heavy atom. The average Bonchev–Trinajstić information content (AvgIpc) is 2.47. The Kier molecular flexibility index (Phi) is 6.84. The topological polar surface area (TPSA) is 111 Å². The number of nitrogens with one attached hydrogen (secondary N) is 1. The monoisotopic (exact) mass is 311 g/mol. The molecule has 0 spiro atoms. The second-order valence-corrected chi connectivity index (χ2v) is 4.07. The van der Waals surface area contributed by atoms with E-state index in [0.29, 0.717) is 5.75 Å². The van der Waals surface area contributed by atoms with E-state index in [1.165, 1.54) is 19.2 Å². The van der Waals surface area contributed by atoms with E-state index in [4.69, 9.17) is 14.6 Å². The number of amides is 1. The van der Waals surface area contributed by atoms with Crippen molar-refractivity contribution in [1.29, 1.82) is 0 Å². The number of aliphatic carboxylic acids is 1. The van der Waals surface area contributed by atoms with Crippen molar-refractivity contribution in [2.75, 3.05) is 32.2 Å². The molecule has 0 saturated carbocycles. The maximum absolute atomic E-state index is 11.9. The summed E-state index contributed by atoms with van der Waals surface area (Å²) < 4.78 is 14.6. The second kappa shape index (κ2) is 8.63. The van der Waals surface area contributed by atoms with E-state index >= 15 is 0 Å². The predicted molar refractivity (Wildman–Crippen MR) is 76.0 cm³/mol. The molecule has 8 nitrogen and oxygen atoms in total. The first kappa shape index (κ1) is 17.4. The molecule has 0 bridgehead atoms. The van der Waals surface area contributed by atoms with Crippen LogP contribution in [0.1, 0.15) is 17.3 Å². The van der Waals surface area contributed by atoms with Crippen LogP contribution < -0.4 is 10.1 Å². The number of rotatable bonds is 8. The fourth-order valence-electron chi connectivity index (χ4n) is 1.55. The van der Waals surface area contributed by atoms with Gasteiger partial charge in [-0.2, -0.15) is 0 Å². The largest absolute Gasteiger partial charge is 0.497 e. The quantitative estimate of drug-likeness (QED) is 0.686. The van der Waals surface area contributed by atoms with E-state index in [2.05, 4.69) is 10.1 Å². The number of carbonyl (C=O) groups excluding carboxylic acids is 2. The summed E-state index contributed by atoms with van der Waals surface area (Å²) in [5.41, 5.74) is 0.357. The number of carbonyl (C=O) groups is 3. The normalized spacial score (nSPS) is 9.91. The molecule has 0 aliphatic rings. The molecular formula is C14H17NO7. The molecule has 0 atom stereocenters. The van der Waals surface area contributed by atoms with Crippen LogP contribution in [0.3, 0.4) is 0 Å². The lowest BCUT2D eigenvalue weighted by Gasteiger charge is -2.12. The van der Waals surface area contributed by atoms with Crippen molar-refractivity contribution in [3.8, 4) is 5.75 Å². The van der Waals surface area contributed by atoms with Crippen LogP contribution in [0.25, 0.3) is 0 Å². The van der Waals surface area contributed by atoms with E-state index in [0.717, 1.165) is 0 Å². The van der Waals surface area contributed by atoms with E-state index in [1.807, 2.05) is 0 Å². The number of carboxylic acid groups (broad SMARTS) is 1. The van der Waals surface area contributed by atoms with Crippen molar-refractivity contribution < 1.29 is 33.7 Å². The van der Waals surface area contributed by atoms with Crippen LogP contribution in [-0.2, 0) is 19.1 Å². The van der Waals surface area contributed by atoms with E-state index in [-0.39, 0.29) is 17.9 Å². The molecule has 0 aliphatic heterocycles. The number of carboxylic acids is 1. The highest BCUT2D eigenvalue weighted by Crippen LogP contribution is 2.23. The first-order valence-electron chi connectivity index (χ1n) is 6.42. The Labute approximate surface area is 127 Å². The molecule has 0 saturated heterocycles. The third kappa shape index (κ3) is 5.41. The molecule has 1 aromatic rings. The molecule has 22 heavy (non-hydrogen) atoms. The minimum atomic E-state index is -1.18. The molecule has 1 rings (SSSR count). The van der Waals surface area contributed by atoms with E-state index in [1.54, 1.807) is 13.0 Å². The zero-order chi connectivity index (χ0) is 16.5. The molecule has 120 valence electrons. The number of benzene rings is 1. The first-order valence-corrected chi connectivity index (χ1v) is 6.42. The smallest absolute Gasteiger partial charge is 0.340 e. The lowest BCUT2D eigenvalue weighted by Crippen LogP contribution is -2.22. The van der Waals surface area contributed by atoms with E-state index in [9.17, 15) is 14.4 Å². The van der Waals surface area contributed by atoms with Crippen LogP contribution in [0.5, 0.6) is 5.75 Å². The molecule has 0 aromatic heterocycles. The van der Waals surface area contributed by atoms with Gasteiger partial charge in [0.2, 0.25) is 5.91 Å². The van der Waals surface area contributed by atoms with E-state index < -0.39 is 31.1 Å². The van der Waals surface area contributed by atoms with Gasteiger partial charge < -0.3 is 24.6 Å². The highest BCUT2D eigenvalue weighted by molar-refractivity contribution is 6.02. The number of ether oxygens (including phenoxy) is 3. The van der Waals surface area contributed by atoms with Gasteiger partial charge in [-0.3, -0.25) is 4.79 Å². The van der Waals surface area contributed by atoms with Crippen molar-refractivity contribution in [3.05, 3.63) is 23.8 Å². The molecule has 2 N–H and O–H groups in total. The van der Waals surface area contributed by atoms with Crippen LogP contribution in [0.2, 0.25) is 0 Å². The summed E-state index contributed by atoms with van der Waals surface area (Å²) in [6, 6.07) is 4.49. The van der Waals surface area contributed by atoms with Crippen molar-refractivity contribution in [1.82, 2.24) is 0 Å². The summed E-state index contributed by atoms with van der Waals surface area (Å²) >= 11 is 0. The summed E-state index contributed by atoms with van der Waals surface area (Å²) in [6.45, 7) is 0.822.